The lowest BCUT2D eigenvalue weighted by Crippen LogP contribution is -2.63. The molecule has 0 aromatic heterocycles. The number of carbonyl (C=O) groups is 1. The van der Waals surface area contributed by atoms with Crippen LogP contribution in [0.15, 0.2) is 30.3 Å². The van der Waals surface area contributed by atoms with Gasteiger partial charge in [0.15, 0.2) is 11.6 Å². The summed E-state index contributed by atoms with van der Waals surface area (Å²) in [7, 11) is 0. The molecule has 1 heterocycles. The minimum absolute atomic E-state index is 0.0349. The van der Waals surface area contributed by atoms with E-state index in [0.29, 0.717) is 9.99 Å². The van der Waals surface area contributed by atoms with E-state index >= 15 is 0 Å². The van der Waals surface area contributed by atoms with Crippen LogP contribution < -0.4 is 5.32 Å². The Morgan fingerprint density at radius 1 is 1.09 bits per heavy atom. The molecule has 1 aliphatic rings. The number of hydrogen-bond acceptors (Lipinski definition) is 3. The first-order chi connectivity index (χ1) is 15.6. The van der Waals surface area contributed by atoms with Crippen LogP contribution in [0, 0.1) is 31.9 Å². The quantitative estimate of drug-likeness (QED) is 0.347. The predicted molar refractivity (Wildman–Crippen MR) is 137 cm³/mol. The van der Waals surface area contributed by atoms with E-state index in [4.69, 9.17) is 0 Å². The molecule has 34 heavy (non-hydrogen) atoms. The lowest BCUT2D eigenvalue weighted by molar-refractivity contribution is -0.0920. The number of halogens is 4. The third-order valence-electron chi connectivity index (χ3n) is 6.05. The molecule has 0 saturated carbocycles. The Morgan fingerprint density at radius 3 is 2.32 bits per heavy atom. The van der Waals surface area contributed by atoms with Crippen molar-refractivity contribution in [3.63, 3.8) is 0 Å². The standard InChI is InChI=1S/C26H32F3IN2O2/c1-24(2,3)13-25(4,5)10-11-26(34)14-32(15-26)23(33)17-7-8-18(27)21(29)22(17)31-20-9-6-16(30)12-19(20)28/h6-9,12,31,34H,10-11,13-15H2,1-5H3. The number of hydrogen-bond donors (Lipinski definition) is 2. The number of benzene rings is 2. The Hall–Kier alpha value is -1.81. The van der Waals surface area contributed by atoms with Gasteiger partial charge in [0.25, 0.3) is 5.91 Å². The van der Waals surface area contributed by atoms with Crippen molar-refractivity contribution in [3.8, 4) is 0 Å². The summed E-state index contributed by atoms with van der Waals surface area (Å²) in [4.78, 5) is 14.5. The number of anilines is 2. The SMILES string of the molecule is CC(C)(C)CC(C)(C)CCC1(O)CN(C(=O)c2ccc(F)c(F)c2Nc2ccc(I)cc2F)C1. The van der Waals surface area contributed by atoms with Crippen LogP contribution in [-0.4, -0.2) is 34.6 Å². The van der Waals surface area contributed by atoms with Crippen molar-refractivity contribution in [3.05, 3.63) is 56.9 Å². The highest BCUT2D eigenvalue weighted by Gasteiger charge is 2.45. The van der Waals surface area contributed by atoms with Crippen molar-refractivity contribution in [2.75, 3.05) is 18.4 Å². The number of aliphatic hydroxyl groups is 1. The second kappa shape index (κ2) is 9.68. The molecule has 1 saturated heterocycles. The molecule has 186 valence electrons. The smallest absolute Gasteiger partial charge is 0.256 e. The summed E-state index contributed by atoms with van der Waals surface area (Å²) in [6, 6.07) is 6.31. The fraction of sp³-hybridized carbons (Fsp3) is 0.500. The molecule has 1 aliphatic heterocycles. The fourth-order valence-corrected chi connectivity index (χ4v) is 5.26. The molecular weight excluding hydrogens is 556 g/mol. The zero-order valence-corrected chi connectivity index (χ0v) is 22.4. The lowest BCUT2D eigenvalue weighted by atomic mass is 9.71. The van der Waals surface area contributed by atoms with Gasteiger partial charge in [0, 0.05) is 3.57 Å². The molecule has 0 aliphatic carbocycles. The van der Waals surface area contributed by atoms with E-state index in [1.54, 1.807) is 6.07 Å². The predicted octanol–water partition coefficient (Wildman–Crippen LogP) is 6.88. The van der Waals surface area contributed by atoms with Gasteiger partial charge in [-0.15, -0.1) is 0 Å². The summed E-state index contributed by atoms with van der Waals surface area (Å²) >= 11 is 1.94. The first-order valence-electron chi connectivity index (χ1n) is 11.3. The average Bonchev–Trinajstić information content (AvgIpc) is 2.67. The molecule has 2 aromatic carbocycles. The van der Waals surface area contributed by atoms with E-state index in [9.17, 15) is 23.1 Å². The molecular formula is C26H32F3IN2O2. The third-order valence-corrected chi connectivity index (χ3v) is 6.72. The highest BCUT2D eigenvalue weighted by Crippen LogP contribution is 2.40. The Morgan fingerprint density at radius 2 is 1.74 bits per heavy atom. The van der Waals surface area contributed by atoms with E-state index in [2.05, 4.69) is 39.9 Å². The van der Waals surface area contributed by atoms with Gasteiger partial charge >= 0.3 is 0 Å². The number of nitrogens with zero attached hydrogens (tertiary/aromatic N) is 1. The van der Waals surface area contributed by atoms with E-state index in [0.717, 1.165) is 18.9 Å². The number of likely N-dealkylation sites (tertiary alicyclic amines) is 1. The Labute approximate surface area is 213 Å². The minimum Gasteiger partial charge on any atom is -0.386 e. The number of carbonyl (C=O) groups excluding carboxylic acids is 1. The Bertz CT molecular complexity index is 1080. The first-order valence-corrected chi connectivity index (χ1v) is 12.4. The number of rotatable bonds is 7. The van der Waals surface area contributed by atoms with Gasteiger partial charge in [0.05, 0.1) is 35.6 Å². The van der Waals surface area contributed by atoms with Crippen LogP contribution in [0.2, 0.25) is 0 Å². The number of nitrogens with one attached hydrogen (secondary N) is 1. The van der Waals surface area contributed by atoms with Crippen molar-refractivity contribution in [2.24, 2.45) is 10.8 Å². The van der Waals surface area contributed by atoms with Gasteiger partial charge in [-0.2, -0.15) is 0 Å². The second-order valence-electron chi connectivity index (χ2n) is 11.3. The highest BCUT2D eigenvalue weighted by molar-refractivity contribution is 14.1. The highest BCUT2D eigenvalue weighted by atomic mass is 127. The van der Waals surface area contributed by atoms with Crippen molar-refractivity contribution < 1.29 is 23.1 Å². The van der Waals surface area contributed by atoms with Crippen molar-refractivity contribution in [1.29, 1.82) is 0 Å². The largest absolute Gasteiger partial charge is 0.386 e. The van der Waals surface area contributed by atoms with E-state index in [1.807, 2.05) is 22.6 Å². The van der Waals surface area contributed by atoms with E-state index < -0.39 is 34.6 Å². The van der Waals surface area contributed by atoms with Gasteiger partial charge in [-0.05, 0) is 83.0 Å². The third kappa shape index (κ3) is 6.44. The van der Waals surface area contributed by atoms with Crippen molar-refractivity contribution >= 4 is 39.9 Å². The summed E-state index contributed by atoms with van der Waals surface area (Å²) in [5, 5.41) is 13.5. The van der Waals surface area contributed by atoms with Gasteiger partial charge in [-0.25, -0.2) is 13.2 Å². The van der Waals surface area contributed by atoms with Crippen LogP contribution in [-0.2, 0) is 0 Å². The molecule has 0 radical (unpaired) electrons. The number of amides is 1. The molecule has 2 N–H and O–H groups in total. The molecule has 0 spiro atoms. The summed E-state index contributed by atoms with van der Waals surface area (Å²) in [6.07, 6.45) is 2.33. The Kier molecular flexibility index (Phi) is 7.63. The molecule has 8 heteroatoms. The minimum atomic E-state index is -1.26. The topological polar surface area (TPSA) is 52.6 Å². The molecule has 0 bridgehead atoms. The molecule has 0 atom stereocenters. The van der Waals surface area contributed by atoms with Crippen LogP contribution in [0.3, 0.4) is 0 Å². The first kappa shape index (κ1) is 26.8. The van der Waals surface area contributed by atoms with Gasteiger partial charge in [-0.3, -0.25) is 4.79 Å². The summed E-state index contributed by atoms with van der Waals surface area (Å²) in [6.45, 7) is 11.1. The molecule has 1 amide bonds. The summed E-state index contributed by atoms with van der Waals surface area (Å²) in [5.41, 5.74) is -1.42. The van der Waals surface area contributed by atoms with Gasteiger partial charge in [0.1, 0.15) is 5.82 Å². The van der Waals surface area contributed by atoms with Crippen LogP contribution in [0.1, 0.15) is 64.2 Å². The van der Waals surface area contributed by atoms with Crippen LogP contribution in [0.4, 0.5) is 24.5 Å². The average molecular weight is 588 g/mol. The van der Waals surface area contributed by atoms with Crippen LogP contribution >= 0.6 is 22.6 Å². The monoisotopic (exact) mass is 588 g/mol. The molecule has 2 aromatic rings. The van der Waals surface area contributed by atoms with Crippen LogP contribution in [0.25, 0.3) is 0 Å². The molecule has 0 unspecified atom stereocenters. The molecule has 1 fully saturated rings. The van der Waals surface area contributed by atoms with Gasteiger partial charge < -0.3 is 15.3 Å². The molecule has 3 rings (SSSR count). The summed E-state index contributed by atoms with van der Waals surface area (Å²) in [5.74, 6) is -3.61. The van der Waals surface area contributed by atoms with Crippen molar-refractivity contribution in [1.82, 2.24) is 4.90 Å². The van der Waals surface area contributed by atoms with Gasteiger partial charge in [0.2, 0.25) is 0 Å². The Balaban J connectivity index is 1.73. The number of β-amino-alcohol motifs (C(OH)–C–C–N with tert-alkyl or cyclic N) is 1. The maximum absolute atomic E-state index is 14.7. The lowest BCUT2D eigenvalue weighted by Gasteiger charge is -2.48. The molecule has 4 nitrogen and oxygen atoms in total. The maximum Gasteiger partial charge on any atom is 0.256 e. The second-order valence-corrected chi connectivity index (χ2v) is 12.6. The van der Waals surface area contributed by atoms with Gasteiger partial charge in [-0.1, -0.05) is 34.6 Å². The fourth-order valence-electron chi connectivity index (χ4n) is 4.81. The zero-order valence-electron chi connectivity index (χ0n) is 20.2. The van der Waals surface area contributed by atoms with Crippen LogP contribution in [0.5, 0.6) is 0 Å². The zero-order chi connectivity index (χ0) is 25.5. The van der Waals surface area contributed by atoms with Crippen molar-refractivity contribution in [2.45, 2.75) is 59.5 Å². The van der Waals surface area contributed by atoms with E-state index in [1.165, 1.54) is 23.1 Å². The maximum atomic E-state index is 14.7. The normalized spacial score (nSPS) is 15.8. The van der Waals surface area contributed by atoms with E-state index in [-0.39, 0.29) is 35.2 Å². The summed E-state index contributed by atoms with van der Waals surface area (Å²) < 4.78 is 43.6.